The molecule has 1 fully saturated rings. The van der Waals surface area contributed by atoms with Gasteiger partial charge in [-0.05, 0) is 73.4 Å². The number of aryl methyl sites for hydroxylation is 1. The van der Waals surface area contributed by atoms with Crippen LogP contribution >= 0.6 is 11.6 Å². The summed E-state index contributed by atoms with van der Waals surface area (Å²) in [7, 11) is 0. The molecule has 0 bridgehead atoms. The second kappa shape index (κ2) is 9.96. The Morgan fingerprint density at radius 1 is 1.06 bits per heavy atom. The van der Waals surface area contributed by atoms with E-state index in [4.69, 9.17) is 16.3 Å². The van der Waals surface area contributed by atoms with Crippen molar-refractivity contribution in [2.45, 2.75) is 39.7 Å². The van der Waals surface area contributed by atoms with E-state index in [-0.39, 0.29) is 17.3 Å². The predicted molar refractivity (Wildman–Crippen MR) is 139 cm³/mol. The van der Waals surface area contributed by atoms with Crippen molar-refractivity contribution in [3.8, 4) is 5.75 Å². The Balaban J connectivity index is 1.93. The second-order valence-electron chi connectivity index (χ2n) is 8.90. The molecular weight excluding hydrogens is 462 g/mol. The minimum Gasteiger partial charge on any atom is -0.507 e. The maximum Gasteiger partial charge on any atom is 0.300 e. The average molecular weight is 490 g/mol. The molecule has 3 aromatic carbocycles. The molecule has 4 rings (SSSR count). The van der Waals surface area contributed by atoms with Crippen LogP contribution in [0, 0.1) is 6.92 Å². The number of nitrogens with zero attached hydrogens (tertiary/aromatic N) is 1. The molecule has 1 saturated heterocycles. The molecule has 35 heavy (non-hydrogen) atoms. The molecule has 5 nitrogen and oxygen atoms in total. The molecule has 1 aliphatic heterocycles. The highest BCUT2D eigenvalue weighted by Gasteiger charge is 2.47. The highest BCUT2D eigenvalue weighted by atomic mass is 35.5. The zero-order valence-corrected chi connectivity index (χ0v) is 21.0. The van der Waals surface area contributed by atoms with Gasteiger partial charge in [0.1, 0.15) is 11.5 Å². The van der Waals surface area contributed by atoms with Crippen LogP contribution in [-0.4, -0.2) is 23.4 Å². The first-order chi connectivity index (χ1) is 16.7. The molecule has 1 amide bonds. The molecule has 180 valence electrons. The predicted octanol–water partition coefficient (Wildman–Crippen LogP) is 6.80. The topological polar surface area (TPSA) is 66.8 Å². The Bertz CT molecular complexity index is 1310. The zero-order chi connectivity index (χ0) is 25.3. The first-order valence-corrected chi connectivity index (χ1v) is 12.0. The number of hydrogen-bond donors (Lipinski definition) is 1. The number of ether oxygens (including phenoxy) is 1. The first kappa shape index (κ1) is 24.6. The number of halogens is 1. The summed E-state index contributed by atoms with van der Waals surface area (Å²) in [5.41, 5.74) is 3.66. The molecular formula is C29H28ClNO4. The smallest absolute Gasteiger partial charge is 0.300 e. The first-order valence-electron chi connectivity index (χ1n) is 11.6. The minimum atomic E-state index is -0.787. The van der Waals surface area contributed by atoms with Crippen LogP contribution in [0.1, 0.15) is 55.0 Å². The van der Waals surface area contributed by atoms with Gasteiger partial charge in [0.15, 0.2) is 0 Å². The highest BCUT2D eigenvalue weighted by Crippen LogP contribution is 2.43. The number of ketones is 1. The summed E-state index contributed by atoms with van der Waals surface area (Å²) in [5.74, 6) is -0.778. The number of rotatable bonds is 6. The molecule has 0 aromatic heterocycles. The fourth-order valence-electron chi connectivity index (χ4n) is 4.45. The number of carbonyl (C=O) groups is 2. The summed E-state index contributed by atoms with van der Waals surface area (Å²) in [4.78, 5) is 28.1. The Hall–Kier alpha value is -3.57. The van der Waals surface area contributed by atoms with E-state index in [9.17, 15) is 14.7 Å². The number of benzene rings is 3. The fourth-order valence-corrected chi connectivity index (χ4v) is 4.57. The van der Waals surface area contributed by atoms with Crippen LogP contribution < -0.4 is 9.64 Å². The van der Waals surface area contributed by atoms with Gasteiger partial charge in [-0.3, -0.25) is 14.5 Å². The van der Waals surface area contributed by atoms with Gasteiger partial charge in [0.25, 0.3) is 11.7 Å². The molecule has 1 heterocycles. The van der Waals surface area contributed by atoms with Crippen molar-refractivity contribution < 1.29 is 19.4 Å². The molecule has 0 saturated carbocycles. The van der Waals surface area contributed by atoms with Gasteiger partial charge in [-0.1, -0.05) is 55.3 Å². The molecule has 1 N–H and O–H groups in total. The van der Waals surface area contributed by atoms with E-state index in [0.29, 0.717) is 22.9 Å². The largest absolute Gasteiger partial charge is 0.507 e. The molecule has 1 atom stereocenters. The summed E-state index contributed by atoms with van der Waals surface area (Å²) in [6.07, 6.45) is 0. The van der Waals surface area contributed by atoms with E-state index in [1.165, 1.54) is 4.90 Å². The van der Waals surface area contributed by atoms with E-state index in [1.54, 1.807) is 36.4 Å². The van der Waals surface area contributed by atoms with E-state index in [2.05, 4.69) is 0 Å². The van der Waals surface area contributed by atoms with Crippen LogP contribution in [0.4, 0.5) is 5.69 Å². The average Bonchev–Trinajstić information content (AvgIpc) is 3.10. The lowest BCUT2D eigenvalue weighted by atomic mass is 9.92. The van der Waals surface area contributed by atoms with Crippen LogP contribution in [0.2, 0.25) is 5.02 Å². The standard InChI is InChI=1S/C29H28ClNO4/c1-5-35-24-14-9-20(16-23(24)17(2)3)27(32)25-26(19-8-6-7-18(4)15-19)31(29(34)28(25)33)22-12-10-21(30)11-13-22/h6-17,26,32H,5H2,1-4H3/b27-25-. The second-order valence-corrected chi connectivity index (χ2v) is 9.34. The van der Waals surface area contributed by atoms with Gasteiger partial charge >= 0.3 is 0 Å². The minimum absolute atomic E-state index is 0.0504. The van der Waals surface area contributed by atoms with Crippen LogP contribution in [-0.2, 0) is 9.59 Å². The summed E-state index contributed by atoms with van der Waals surface area (Å²) >= 11 is 6.06. The van der Waals surface area contributed by atoms with E-state index >= 15 is 0 Å². The van der Waals surface area contributed by atoms with Crippen molar-refractivity contribution in [2.75, 3.05) is 11.5 Å². The normalized spacial score (nSPS) is 17.3. The highest BCUT2D eigenvalue weighted by molar-refractivity contribution is 6.51. The maximum atomic E-state index is 13.4. The van der Waals surface area contributed by atoms with E-state index in [0.717, 1.165) is 22.4 Å². The summed E-state index contributed by atoms with van der Waals surface area (Å²) in [6, 6.07) is 18.9. The van der Waals surface area contributed by atoms with Gasteiger partial charge in [0, 0.05) is 16.3 Å². The van der Waals surface area contributed by atoms with Crippen LogP contribution in [0.15, 0.2) is 72.3 Å². The van der Waals surface area contributed by atoms with Gasteiger partial charge in [0.2, 0.25) is 0 Å². The van der Waals surface area contributed by atoms with Crippen molar-refractivity contribution >= 4 is 34.7 Å². The quantitative estimate of drug-likeness (QED) is 0.235. The molecule has 1 unspecified atom stereocenters. The van der Waals surface area contributed by atoms with Crippen molar-refractivity contribution in [1.29, 1.82) is 0 Å². The van der Waals surface area contributed by atoms with Gasteiger partial charge in [-0.2, -0.15) is 0 Å². The summed E-state index contributed by atoms with van der Waals surface area (Å²) in [5, 5.41) is 12.0. The Kier molecular flexibility index (Phi) is 6.99. The van der Waals surface area contributed by atoms with Gasteiger partial charge in [0.05, 0.1) is 18.2 Å². The molecule has 0 radical (unpaired) electrons. The Morgan fingerprint density at radius 3 is 2.40 bits per heavy atom. The number of anilines is 1. The third-order valence-electron chi connectivity index (χ3n) is 6.11. The van der Waals surface area contributed by atoms with Crippen molar-refractivity contribution in [2.24, 2.45) is 0 Å². The Labute approximate surface area is 210 Å². The lowest BCUT2D eigenvalue weighted by molar-refractivity contribution is -0.132. The fraction of sp³-hybridized carbons (Fsp3) is 0.241. The van der Waals surface area contributed by atoms with E-state index in [1.807, 2.05) is 58.0 Å². The number of amides is 1. The molecule has 3 aromatic rings. The third kappa shape index (κ3) is 4.69. The molecule has 0 aliphatic carbocycles. The lowest BCUT2D eigenvalue weighted by Crippen LogP contribution is -2.29. The van der Waals surface area contributed by atoms with E-state index < -0.39 is 17.7 Å². The SMILES string of the molecule is CCOc1ccc(/C(O)=C2/C(=O)C(=O)N(c3ccc(Cl)cc3)C2c2cccc(C)c2)cc1C(C)C. The zero-order valence-electron chi connectivity index (χ0n) is 20.2. The van der Waals surface area contributed by atoms with Crippen molar-refractivity contribution in [1.82, 2.24) is 0 Å². The summed E-state index contributed by atoms with van der Waals surface area (Å²) in [6.45, 7) is 8.45. The maximum absolute atomic E-state index is 13.4. The number of Topliss-reactive ketones (excluding diaryl/α,β-unsaturated/α-hetero) is 1. The van der Waals surface area contributed by atoms with Gasteiger partial charge in [-0.25, -0.2) is 0 Å². The number of hydrogen-bond acceptors (Lipinski definition) is 4. The summed E-state index contributed by atoms with van der Waals surface area (Å²) < 4.78 is 5.75. The molecule has 0 spiro atoms. The van der Waals surface area contributed by atoms with Crippen molar-refractivity contribution in [3.05, 3.63) is 99.6 Å². The molecule has 6 heteroatoms. The number of carbonyl (C=O) groups excluding carboxylic acids is 2. The monoisotopic (exact) mass is 489 g/mol. The van der Waals surface area contributed by atoms with Crippen LogP contribution in [0.25, 0.3) is 5.76 Å². The Morgan fingerprint density at radius 2 is 1.77 bits per heavy atom. The van der Waals surface area contributed by atoms with Crippen LogP contribution in [0.5, 0.6) is 5.75 Å². The lowest BCUT2D eigenvalue weighted by Gasteiger charge is -2.26. The van der Waals surface area contributed by atoms with Crippen molar-refractivity contribution in [3.63, 3.8) is 0 Å². The third-order valence-corrected chi connectivity index (χ3v) is 6.36. The molecule has 1 aliphatic rings. The van der Waals surface area contributed by atoms with Gasteiger partial charge < -0.3 is 9.84 Å². The number of aliphatic hydroxyl groups is 1. The van der Waals surface area contributed by atoms with Crippen LogP contribution in [0.3, 0.4) is 0 Å². The number of aliphatic hydroxyl groups excluding tert-OH is 1. The van der Waals surface area contributed by atoms with Gasteiger partial charge in [-0.15, -0.1) is 0 Å².